The largest absolute Gasteiger partial charge is 0.487 e. The molecular weight excluding hydrogens is 430 g/mol. The number of nitrogens with one attached hydrogen (secondary N) is 1. The summed E-state index contributed by atoms with van der Waals surface area (Å²) in [5.74, 6) is 0.494. The Kier molecular flexibility index (Phi) is 6.17. The lowest BCUT2D eigenvalue weighted by molar-refractivity contribution is -0.120. The van der Waals surface area contributed by atoms with E-state index in [4.69, 9.17) is 9.15 Å². The molecule has 2 aromatic carbocycles. The minimum Gasteiger partial charge on any atom is -0.487 e. The van der Waals surface area contributed by atoms with Crippen LogP contribution in [-0.2, 0) is 17.6 Å². The lowest BCUT2D eigenvalue weighted by Gasteiger charge is -2.41. The summed E-state index contributed by atoms with van der Waals surface area (Å²) in [7, 11) is 0. The molecule has 1 fully saturated rings. The second-order valence-electron chi connectivity index (χ2n) is 9.70. The average molecular weight is 462 g/mol. The molecule has 1 spiro atoms. The van der Waals surface area contributed by atoms with Crippen LogP contribution in [0, 0.1) is 6.92 Å². The highest BCUT2D eigenvalue weighted by Crippen LogP contribution is 2.43. The Morgan fingerprint density at radius 1 is 1.12 bits per heavy atom. The number of hydrogen-bond donors (Lipinski definition) is 2. The van der Waals surface area contributed by atoms with Crippen molar-refractivity contribution in [3.8, 4) is 5.75 Å². The normalized spacial score (nSPS) is 17.7. The molecule has 2 aliphatic rings. The van der Waals surface area contributed by atoms with Gasteiger partial charge in [0.1, 0.15) is 16.9 Å². The summed E-state index contributed by atoms with van der Waals surface area (Å²) in [6.45, 7) is 1.94. The van der Waals surface area contributed by atoms with Crippen molar-refractivity contribution >= 4 is 16.9 Å². The smallest absolute Gasteiger partial charge is 0.340 e. The van der Waals surface area contributed by atoms with Crippen molar-refractivity contribution < 1.29 is 19.1 Å². The van der Waals surface area contributed by atoms with E-state index in [1.807, 2.05) is 31.2 Å². The number of rotatable bonds is 5. The topological polar surface area (TPSA) is 88.8 Å². The van der Waals surface area contributed by atoms with Gasteiger partial charge in [-0.3, -0.25) is 4.79 Å². The Bertz CT molecular complexity index is 1260. The zero-order valence-electron chi connectivity index (χ0n) is 19.6. The maximum Gasteiger partial charge on any atom is 0.340 e. The van der Waals surface area contributed by atoms with Crippen LogP contribution in [0.4, 0.5) is 0 Å². The number of fused-ring (bicyclic) bond motifs is 2. The van der Waals surface area contributed by atoms with Crippen molar-refractivity contribution in [2.75, 3.05) is 6.54 Å². The molecule has 1 aliphatic heterocycles. The number of amides is 1. The molecule has 0 unspecified atom stereocenters. The maximum atomic E-state index is 12.8. The molecule has 0 radical (unpaired) electrons. The molecule has 2 heterocycles. The number of aliphatic hydroxyl groups excluding tert-OH is 1. The maximum absolute atomic E-state index is 12.8. The van der Waals surface area contributed by atoms with Crippen LogP contribution in [0.3, 0.4) is 0 Å². The van der Waals surface area contributed by atoms with Crippen LogP contribution >= 0.6 is 0 Å². The summed E-state index contributed by atoms with van der Waals surface area (Å²) in [5, 5.41) is 13.9. The highest BCUT2D eigenvalue weighted by molar-refractivity contribution is 5.86. The van der Waals surface area contributed by atoms with E-state index in [2.05, 4.69) is 11.4 Å². The second-order valence-corrected chi connectivity index (χ2v) is 9.70. The minimum atomic E-state index is -0.807. The monoisotopic (exact) mass is 461 g/mol. The van der Waals surface area contributed by atoms with Gasteiger partial charge in [-0.15, -0.1) is 0 Å². The third kappa shape index (κ3) is 4.47. The first-order valence-electron chi connectivity index (χ1n) is 12.2. The van der Waals surface area contributed by atoms with Gasteiger partial charge in [-0.2, -0.15) is 0 Å². The van der Waals surface area contributed by atoms with Gasteiger partial charge in [0, 0.05) is 18.0 Å². The molecule has 1 atom stereocenters. The van der Waals surface area contributed by atoms with E-state index in [-0.39, 0.29) is 24.5 Å². The van der Waals surface area contributed by atoms with E-state index in [9.17, 15) is 14.7 Å². The summed E-state index contributed by atoms with van der Waals surface area (Å²) in [6, 6.07) is 13.1. The molecule has 178 valence electrons. The molecule has 34 heavy (non-hydrogen) atoms. The van der Waals surface area contributed by atoms with Gasteiger partial charge in [-0.25, -0.2) is 4.79 Å². The van der Waals surface area contributed by atoms with E-state index in [0.29, 0.717) is 11.1 Å². The van der Waals surface area contributed by atoms with E-state index in [1.54, 1.807) is 12.1 Å². The number of benzene rings is 2. The number of aliphatic hydroxyl groups is 1. The Labute approximate surface area is 198 Å². The molecule has 6 nitrogen and oxygen atoms in total. The zero-order valence-corrected chi connectivity index (χ0v) is 19.6. The van der Waals surface area contributed by atoms with E-state index >= 15 is 0 Å². The van der Waals surface area contributed by atoms with Crippen LogP contribution in [0.1, 0.15) is 66.9 Å². The number of hydrogen-bond acceptors (Lipinski definition) is 5. The van der Waals surface area contributed by atoms with Gasteiger partial charge in [-0.05, 0) is 68.2 Å². The summed E-state index contributed by atoms with van der Waals surface area (Å²) < 4.78 is 12.1. The third-order valence-electron chi connectivity index (χ3n) is 7.42. The van der Waals surface area contributed by atoms with E-state index < -0.39 is 11.7 Å². The Balaban J connectivity index is 1.34. The van der Waals surface area contributed by atoms with Gasteiger partial charge in [0.25, 0.3) is 0 Å². The molecule has 1 aliphatic carbocycles. The summed E-state index contributed by atoms with van der Waals surface area (Å²) in [6.07, 6.45) is 6.89. The molecule has 2 N–H and O–H groups in total. The van der Waals surface area contributed by atoms with Crippen molar-refractivity contribution in [2.24, 2.45) is 0 Å². The first kappa shape index (κ1) is 22.7. The van der Waals surface area contributed by atoms with Crippen LogP contribution in [0.15, 0.2) is 51.7 Å². The average Bonchev–Trinajstić information content (AvgIpc) is 2.85. The van der Waals surface area contributed by atoms with Gasteiger partial charge in [0.2, 0.25) is 5.91 Å². The number of ether oxygens (including phenoxy) is 1. The highest BCUT2D eigenvalue weighted by atomic mass is 16.5. The number of carbonyl (C=O) groups excluding carboxylic acids is 1. The van der Waals surface area contributed by atoms with Gasteiger partial charge < -0.3 is 19.6 Å². The van der Waals surface area contributed by atoms with E-state index in [0.717, 1.165) is 53.5 Å². The fourth-order valence-corrected chi connectivity index (χ4v) is 5.38. The zero-order chi connectivity index (χ0) is 23.7. The van der Waals surface area contributed by atoms with Crippen LogP contribution in [0.2, 0.25) is 0 Å². The Morgan fingerprint density at radius 2 is 1.88 bits per heavy atom. The van der Waals surface area contributed by atoms with Gasteiger partial charge in [0.15, 0.2) is 0 Å². The number of aryl methyl sites for hydroxylation is 2. The quantitative estimate of drug-likeness (QED) is 0.546. The molecule has 3 aromatic rings. The van der Waals surface area contributed by atoms with Gasteiger partial charge in [-0.1, -0.05) is 36.8 Å². The molecule has 0 saturated heterocycles. The van der Waals surface area contributed by atoms with Crippen molar-refractivity contribution in [3.05, 3.63) is 75.1 Å². The molecule has 5 rings (SSSR count). The predicted molar refractivity (Wildman–Crippen MR) is 130 cm³/mol. The fourth-order valence-electron chi connectivity index (χ4n) is 5.38. The van der Waals surface area contributed by atoms with E-state index in [1.165, 1.54) is 19.3 Å². The third-order valence-corrected chi connectivity index (χ3v) is 7.42. The number of carbonyl (C=O) groups is 1. The summed E-state index contributed by atoms with van der Waals surface area (Å²) in [4.78, 5) is 25.3. The molecule has 6 heteroatoms. The second kappa shape index (κ2) is 9.26. The SMILES string of the molecule is Cc1c(CC(=O)NC[C@@H](O)c2ccccc2)c(=O)oc2cc3c(cc12)CCC1(CCCCC1)O3. The fraction of sp³-hybridized carbons (Fsp3) is 0.429. The summed E-state index contributed by atoms with van der Waals surface area (Å²) in [5.41, 5.74) is 2.87. The lowest BCUT2D eigenvalue weighted by atomic mass is 9.79. The first-order chi connectivity index (χ1) is 16.4. The predicted octanol–water partition coefficient (Wildman–Crippen LogP) is 4.52. The molecule has 1 aromatic heterocycles. The van der Waals surface area contributed by atoms with Crippen LogP contribution < -0.4 is 15.7 Å². The minimum absolute atomic E-state index is 0.0728. The van der Waals surface area contributed by atoms with Crippen LogP contribution in [-0.4, -0.2) is 23.2 Å². The van der Waals surface area contributed by atoms with Crippen molar-refractivity contribution in [2.45, 2.75) is 70.0 Å². The Hall–Kier alpha value is -3.12. The highest BCUT2D eigenvalue weighted by Gasteiger charge is 2.37. The van der Waals surface area contributed by atoms with Crippen molar-refractivity contribution in [3.63, 3.8) is 0 Å². The van der Waals surface area contributed by atoms with Crippen LogP contribution in [0.5, 0.6) is 5.75 Å². The van der Waals surface area contributed by atoms with Gasteiger partial charge >= 0.3 is 5.63 Å². The lowest BCUT2D eigenvalue weighted by Crippen LogP contribution is -2.41. The molecule has 1 amide bonds. The Morgan fingerprint density at radius 3 is 2.65 bits per heavy atom. The molecular formula is C28H31NO5. The van der Waals surface area contributed by atoms with Gasteiger partial charge in [0.05, 0.1) is 18.1 Å². The molecule has 0 bridgehead atoms. The van der Waals surface area contributed by atoms with Crippen molar-refractivity contribution in [1.82, 2.24) is 5.32 Å². The van der Waals surface area contributed by atoms with Crippen molar-refractivity contribution in [1.29, 1.82) is 0 Å². The first-order valence-corrected chi connectivity index (χ1v) is 12.2. The summed E-state index contributed by atoms with van der Waals surface area (Å²) >= 11 is 0. The molecule has 1 saturated carbocycles. The standard InChI is InChI=1S/C28H31NO5/c1-18-21-14-20-10-13-28(11-6-3-7-12-28)34-24(20)16-25(21)33-27(32)22(18)15-26(31)29-17-23(30)19-8-4-2-5-9-19/h2,4-5,8-9,14,16,23,30H,3,6-7,10-13,15,17H2,1H3,(H,29,31)/t23-/m1/s1. The van der Waals surface area contributed by atoms with Crippen LogP contribution in [0.25, 0.3) is 11.0 Å².